The third kappa shape index (κ3) is 7.84. The Balaban J connectivity index is 2.03. The standard InChI is InChI=1S/C14H29NO4/c1-15(2)7-14(17)10-18-8-12-3-5-13(6-4-12)9-19-11-16/h12-14,16-17H,3-11H2,1-2H3. The number of hydrogen-bond acceptors (Lipinski definition) is 5. The summed E-state index contributed by atoms with van der Waals surface area (Å²) in [5.74, 6) is 1.19. The van der Waals surface area contributed by atoms with Gasteiger partial charge in [0, 0.05) is 13.2 Å². The first-order valence-corrected chi connectivity index (χ1v) is 7.21. The second-order valence-electron chi connectivity index (χ2n) is 5.84. The van der Waals surface area contributed by atoms with Gasteiger partial charge in [0.1, 0.15) is 6.79 Å². The van der Waals surface area contributed by atoms with Gasteiger partial charge in [-0.05, 0) is 51.6 Å². The average molecular weight is 275 g/mol. The summed E-state index contributed by atoms with van der Waals surface area (Å²) in [6, 6.07) is 0. The Morgan fingerprint density at radius 2 is 1.58 bits per heavy atom. The molecule has 1 atom stereocenters. The first-order chi connectivity index (χ1) is 9.11. The van der Waals surface area contributed by atoms with E-state index in [2.05, 4.69) is 0 Å². The number of nitrogens with zero attached hydrogens (tertiary/aromatic N) is 1. The van der Waals surface area contributed by atoms with Crippen LogP contribution < -0.4 is 0 Å². The molecule has 0 aliphatic heterocycles. The maximum Gasteiger partial charge on any atom is 0.143 e. The molecule has 5 heteroatoms. The van der Waals surface area contributed by atoms with Crippen molar-refractivity contribution in [1.82, 2.24) is 4.90 Å². The minimum atomic E-state index is -0.399. The molecule has 5 nitrogen and oxygen atoms in total. The van der Waals surface area contributed by atoms with Crippen molar-refractivity contribution in [2.75, 3.05) is 47.3 Å². The predicted molar refractivity (Wildman–Crippen MR) is 73.9 cm³/mol. The number of likely N-dealkylation sites (N-methyl/N-ethyl adjacent to an activating group) is 1. The van der Waals surface area contributed by atoms with Crippen LogP contribution >= 0.6 is 0 Å². The Labute approximate surface area is 116 Å². The van der Waals surface area contributed by atoms with E-state index in [0.717, 1.165) is 32.3 Å². The van der Waals surface area contributed by atoms with Crippen molar-refractivity contribution >= 4 is 0 Å². The van der Waals surface area contributed by atoms with Gasteiger partial charge in [0.15, 0.2) is 0 Å². The number of ether oxygens (including phenoxy) is 2. The molecular formula is C14H29NO4. The molecule has 19 heavy (non-hydrogen) atoms. The molecule has 1 aliphatic rings. The lowest BCUT2D eigenvalue weighted by atomic mass is 9.83. The molecule has 0 saturated heterocycles. The van der Waals surface area contributed by atoms with E-state index < -0.39 is 6.10 Å². The molecule has 1 fully saturated rings. The highest BCUT2D eigenvalue weighted by molar-refractivity contribution is 4.72. The van der Waals surface area contributed by atoms with Gasteiger partial charge in [0.25, 0.3) is 0 Å². The molecule has 114 valence electrons. The largest absolute Gasteiger partial charge is 0.389 e. The highest BCUT2D eigenvalue weighted by Crippen LogP contribution is 2.29. The molecular weight excluding hydrogens is 246 g/mol. The van der Waals surface area contributed by atoms with Crippen molar-refractivity contribution in [3.05, 3.63) is 0 Å². The predicted octanol–water partition coefficient (Wildman–Crippen LogP) is 0.698. The van der Waals surface area contributed by atoms with Crippen LogP contribution in [-0.2, 0) is 9.47 Å². The fourth-order valence-corrected chi connectivity index (χ4v) is 2.63. The average Bonchev–Trinajstić information content (AvgIpc) is 2.37. The maximum atomic E-state index is 9.68. The second-order valence-corrected chi connectivity index (χ2v) is 5.84. The minimum absolute atomic E-state index is 0.174. The molecule has 1 saturated carbocycles. The molecule has 1 rings (SSSR count). The monoisotopic (exact) mass is 275 g/mol. The third-order valence-corrected chi connectivity index (χ3v) is 3.65. The van der Waals surface area contributed by atoms with Crippen molar-refractivity contribution in [3.8, 4) is 0 Å². The lowest BCUT2D eigenvalue weighted by Gasteiger charge is -2.28. The van der Waals surface area contributed by atoms with Crippen LogP contribution in [0.3, 0.4) is 0 Å². The summed E-state index contributed by atoms with van der Waals surface area (Å²) in [6.07, 6.45) is 4.21. The van der Waals surface area contributed by atoms with Crippen molar-refractivity contribution in [3.63, 3.8) is 0 Å². The van der Waals surface area contributed by atoms with E-state index in [4.69, 9.17) is 14.6 Å². The zero-order chi connectivity index (χ0) is 14.1. The Bertz CT molecular complexity index is 217. The van der Waals surface area contributed by atoms with Crippen LogP contribution in [-0.4, -0.2) is 68.5 Å². The Morgan fingerprint density at radius 1 is 1.05 bits per heavy atom. The van der Waals surface area contributed by atoms with Crippen LogP contribution in [0.2, 0.25) is 0 Å². The summed E-state index contributed by atoms with van der Waals surface area (Å²) in [7, 11) is 3.89. The molecule has 0 aromatic heterocycles. The molecule has 0 bridgehead atoms. The van der Waals surface area contributed by atoms with Crippen molar-refractivity contribution < 1.29 is 19.7 Å². The van der Waals surface area contributed by atoms with Crippen LogP contribution in [0.1, 0.15) is 25.7 Å². The van der Waals surface area contributed by atoms with E-state index in [-0.39, 0.29) is 6.79 Å². The molecule has 0 heterocycles. The molecule has 0 amide bonds. The van der Waals surface area contributed by atoms with Crippen LogP contribution in [0.5, 0.6) is 0 Å². The van der Waals surface area contributed by atoms with Gasteiger partial charge in [-0.15, -0.1) is 0 Å². The van der Waals surface area contributed by atoms with Crippen LogP contribution in [0, 0.1) is 11.8 Å². The zero-order valence-electron chi connectivity index (χ0n) is 12.3. The van der Waals surface area contributed by atoms with E-state index in [1.807, 2.05) is 19.0 Å². The highest BCUT2D eigenvalue weighted by atomic mass is 16.6. The van der Waals surface area contributed by atoms with Gasteiger partial charge in [0.2, 0.25) is 0 Å². The normalized spacial score (nSPS) is 25.7. The number of hydrogen-bond donors (Lipinski definition) is 2. The van der Waals surface area contributed by atoms with Crippen LogP contribution in [0.15, 0.2) is 0 Å². The first kappa shape index (κ1) is 16.9. The van der Waals surface area contributed by atoms with Crippen molar-refractivity contribution in [2.24, 2.45) is 11.8 Å². The van der Waals surface area contributed by atoms with Gasteiger partial charge in [-0.3, -0.25) is 0 Å². The third-order valence-electron chi connectivity index (χ3n) is 3.65. The zero-order valence-corrected chi connectivity index (χ0v) is 12.3. The lowest BCUT2D eigenvalue weighted by molar-refractivity contribution is -0.0304. The van der Waals surface area contributed by atoms with E-state index in [1.165, 1.54) is 0 Å². The van der Waals surface area contributed by atoms with Gasteiger partial charge < -0.3 is 24.6 Å². The molecule has 2 N–H and O–H groups in total. The van der Waals surface area contributed by atoms with Gasteiger partial charge >= 0.3 is 0 Å². The first-order valence-electron chi connectivity index (χ1n) is 7.21. The topological polar surface area (TPSA) is 62.2 Å². The quantitative estimate of drug-likeness (QED) is 0.607. The van der Waals surface area contributed by atoms with Crippen LogP contribution in [0.4, 0.5) is 0 Å². The van der Waals surface area contributed by atoms with E-state index in [1.54, 1.807) is 0 Å². The van der Waals surface area contributed by atoms with E-state index in [0.29, 0.717) is 31.6 Å². The van der Waals surface area contributed by atoms with Gasteiger partial charge in [-0.25, -0.2) is 0 Å². The maximum absolute atomic E-state index is 9.68. The number of aliphatic hydroxyl groups is 2. The van der Waals surface area contributed by atoms with Gasteiger partial charge in [0.05, 0.1) is 19.3 Å². The lowest BCUT2D eigenvalue weighted by Crippen LogP contribution is -2.30. The second kappa shape index (κ2) is 9.66. The Kier molecular flexibility index (Phi) is 8.57. The van der Waals surface area contributed by atoms with Gasteiger partial charge in [-0.1, -0.05) is 0 Å². The molecule has 0 radical (unpaired) electrons. The SMILES string of the molecule is CN(C)CC(O)COCC1CCC(COCO)CC1. The fraction of sp³-hybridized carbons (Fsp3) is 1.00. The van der Waals surface area contributed by atoms with Crippen LogP contribution in [0.25, 0.3) is 0 Å². The molecule has 0 aromatic rings. The number of rotatable bonds is 9. The Hall–Kier alpha value is -0.200. The van der Waals surface area contributed by atoms with Crippen molar-refractivity contribution in [2.45, 2.75) is 31.8 Å². The molecule has 1 unspecified atom stereocenters. The molecule has 1 aliphatic carbocycles. The highest BCUT2D eigenvalue weighted by Gasteiger charge is 2.21. The number of aliphatic hydroxyl groups excluding tert-OH is 2. The molecule has 0 spiro atoms. The van der Waals surface area contributed by atoms with E-state index >= 15 is 0 Å². The summed E-state index contributed by atoms with van der Waals surface area (Å²) in [4.78, 5) is 1.96. The van der Waals surface area contributed by atoms with Gasteiger partial charge in [-0.2, -0.15) is 0 Å². The molecule has 0 aromatic carbocycles. The van der Waals surface area contributed by atoms with E-state index in [9.17, 15) is 5.11 Å². The fourth-order valence-electron chi connectivity index (χ4n) is 2.63. The summed E-state index contributed by atoms with van der Waals surface area (Å²) >= 11 is 0. The summed E-state index contributed by atoms with van der Waals surface area (Å²) in [6.45, 7) is 2.31. The Morgan fingerprint density at radius 3 is 2.05 bits per heavy atom. The summed E-state index contributed by atoms with van der Waals surface area (Å²) < 4.78 is 10.6. The van der Waals surface area contributed by atoms with Crippen molar-refractivity contribution in [1.29, 1.82) is 0 Å². The smallest absolute Gasteiger partial charge is 0.143 e. The minimum Gasteiger partial charge on any atom is -0.389 e. The summed E-state index contributed by atoms with van der Waals surface area (Å²) in [5, 5.41) is 18.3. The summed E-state index contributed by atoms with van der Waals surface area (Å²) in [5.41, 5.74) is 0.